The molecule has 0 spiro atoms. The third kappa shape index (κ3) is 3.50. The van der Waals surface area contributed by atoms with E-state index in [0.717, 1.165) is 17.2 Å². The molecule has 3 N–H and O–H groups in total. The number of halogens is 3. The van der Waals surface area contributed by atoms with Crippen LogP contribution in [-0.2, 0) is 6.18 Å². The van der Waals surface area contributed by atoms with Crippen LogP contribution in [0, 0.1) is 0 Å². The van der Waals surface area contributed by atoms with Gasteiger partial charge in [0.15, 0.2) is 17.2 Å². The summed E-state index contributed by atoms with van der Waals surface area (Å²) in [4.78, 5) is 15.8. The van der Waals surface area contributed by atoms with Crippen molar-refractivity contribution in [2.75, 3.05) is 11.9 Å². The second-order valence-electron chi connectivity index (χ2n) is 8.52. The lowest BCUT2D eigenvalue weighted by atomic mass is 9.91. The van der Waals surface area contributed by atoms with Gasteiger partial charge < -0.3 is 15.6 Å². The van der Waals surface area contributed by atoms with Crippen molar-refractivity contribution in [3.05, 3.63) is 42.6 Å². The highest BCUT2D eigenvalue weighted by Crippen LogP contribution is 2.40. The first-order valence-electron chi connectivity index (χ1n) is 10.1. The van der Waals surface area contributed by atoms with Crippen molar-refractivity contribution < 1.29 is 13.2 Å². The largest absolute Gasteiger partial charge is 0.433 e. The SMILES string of the molecule is CC1(C)CC[C@H](Nc2nc(-c3c[nH]c4ncccc34)c(C(F)(F)F)n3ccnc23)CN1. The molecular formula is C21H22F3N7. The number of hydrogen-bond donors (Lipinski definition) is 3. The maximum atomic E-state index is 14.2. The van der Waals surface area contributed by atoms with E-state index >= 15 is 0 Å². The van der Waals surface area contributed by atoms with E-state index in [9.17, 15) is 13.2 Å². The maximum absolute atomic E-state index is 14.2. The van der Waals surface area contributed by atoms with Gasteiger partial charge >= 0.3 is 6.18 Å². The van der Waals surface area contributed by atoms with Gasteiger partial charge in [-0.1, -0.05) is 0 Å². The number of piperidine rings is 1. The lowest BCUT2D eigenvalue weighted by Gasteiger charge is -2.36. The first-order chi connectivity index (χ1) is 14.7. The minimum absolute atomic E-state index is 0.0373. The molecule has 1 atom stereocenters. The number of rotatable bonds is 3. The van der Waals surface area contributed by atoms with E-state index in [-0.39, 0.29) is 22.9 Å². The fourth-order valence-electron chi connectivity index (χ4n) is 4.14. The van der Waals surface area contributed by atoms with Crippen molar-refractivity contribution in [3.63, 3.8) is 0 Å². The van der Waals surface area contributed by atoms with Gasteiger partial charge in [-0.2, -0.15) is 13.2 Å². The monoisotopic (exact) mass is 429 g/mol. The average molecular weight is 429 g/mol. The molecule has 0 aromatic carbocycles. The first kappa shape index (κ1) is 19.8. The summed E-state index contributed by atoms with van der Waals surface area (Å²) in [6.07, 6.45) is 2.99. The zero-order valence-corrected chi connectivity index (χ0v) is 17.1. The lowest BCUT2D eigenvalue weighted by molar-refractivity contribution is -0.141. The summed E-state index contributed by atoms with van der Waals surface area (Å²) >= 11 is 0. The molecule has 5 rings (SSSR count). The molecular weight excluding hydrogens is 407 g/mol. The molecule has 31 heavy (non-hydrogen) atoms. The number of fused-ring (bicyclic) bond motifs is 2. The Hall–Kier alpha value is -3.14. The lowest BCUT2D eigenvalue weighted by Crippen LogP contribution is -2.50. The molecule has 0 aliphatic carbocycles. The Bertz CT molecular complexity index is 1250. The van der Waals surface area contributed by atoms with E-state index < -0.39 is 11.9 Å². The standard InChI is InChI=1S/C21H22F3N7/c1-20(2)6-5-12(10-28-20)29-18-19-26-8-9-31(19)16(21(22,23)24)15(30-18)14-11-27-17-13(14)4-3-7-25-17/h3-4,7-9,11-12,28H,5-6,10H2,1-2H3,(H,25,27)(H,29,30)/t12-/m0/s1. The predicted molar refractivity (Wildman–Crippen MR) is 112 cm³/mol. The number of nitrogens with one attached hydrogen (secondary N) is 3. The number of alkyl halides is 3. The van der Waals surface area contributed by atoms with E-state index in [1.54, 1.807) is 18.3 Å². The number of aromatic amines is 1. The molecule has 0 unspecified atom stereocenters. The van der Waals surface area contributed by atoms with Gasteiger partial charge in [0.1, 0.15) is 11.3 Å². The maximum Gasteiger partial charge on any atom is 0.433 e. The van der Waals surface area contributed by atoms with Crippen LogP contribution in [0.1, 0.15) is 32.4 Å². The molecule has 1 aliphatic rings. The molecule has 0 bridgehead atoms. The molecule has 162 valence electrons. The average Bonchev–Trinajstić information content (AvgIpc) is 3.35. The van der Waals surface area contributed by atoms with Crippen molar-refractivity contribution in [2.24, 2.45) is 0 Å². The number of H-pyrrole nitrogens is 1. The van der Waals surface area contributed by atoms with Crippen LogP contribution >= 0.6 is 0 Å². The molecule has 1 saturated heterocycles. The molecule has 0 saturated carbocycles. The molecule has 5 heterocycles. The Morgan fingerprint density at radius 2 is 2.06 bits per heavy atom. The van der Waals surface area contributed by atoms with Gasteiger partial charge in [0.25, 0.3) is 0 Å². The number of anilines is 1. The zero-order chi connectivity index (χ0) is 21.8. The van der Waals surface area contributed by atoms with Gasteiger partial charge in [0.05, 0.1) is 0 Å². The van der Waals surface area contributed by atoms with Crippen LogP contribution < -0.4 is 10.6 Å². The van der Waals surface area contributed by atoms with Crippen LogP contribution in [0.5, 0.6) is 0 Å². The highest BCUT2D eigenvalue weighted by molar-refractivity contribution is 5.93. The van der Waals surface area contributed by atoms with Crippen LogP contribution in [0.4, 0.5) is 19.0 Å². The van der Waals surface area contributed by atoms with Crippen LogP contribution in [0.15, 0.2) is 36.9 Å². The highest BCUT2D eigenvalue weighted by Gasteiger charge is 2.39. The number of nitrogens with zero attached hydrogens (tertiary/aromatic N) is 4. The van der Waals surface area contributed by atoms with Crippen LogP contribution in [0.2, 0.25) is 0 Å². The fraction of sp³-hybridized carbons (Fsp3) is 0.381. The van der Waals surface area contributed by atoms with Crippen molar-refractivity contribution in [2.45, 2.75) is 44.4 Å². The fourth-order valence-corrected chi connectivity index (χ4v) is 4.14. The van der Waals surface area contributed by atoms with Crippen molar-refractivity contribution in [1.82, 2.24) is 29.7 Å². The van der Waals surface area contributed by atoms with Crippen molar-refractivity contribution in [3.8, 4) is 11.3 Å². The minimum Gasteiger partial charge on any atom is -0.363 e. The molecule has 0 radical (unpaired) electrons. The summed E-state index contributed by atoms with van der Waals surface area (Å²) in [5.74, 6) is 0.331. The Morgan fingerprint density at radius 3 is 2.81 bits per heavy atom. The minimum atomic E-state index is -4.62. The normalized spacial score (nSPS) is 19.2. The second kappa shape index (κ2) is 6.94. The third-order valence-corrected chi connectivity index (χ3v) is 5.80. The Morgan fingerprint density at radius 1 is 1.23 bits per heavy atom. The van der Waals surface area contributed by atoms with E-state index in [1.807, 2.05) is 0 Å². The van der Waals surface area contributed by atoms with Gasteiger partial charge in [-0.05, 0) is 38.8 Å². The van der Waals surface area contributed by atoms with E-state index in [0.29, 0.717) is 29.0 Å². The summed E-state index contributed by atoms with van der Waals surface area (Å²) in [5, 5.41) is 7.36. The summed E-state index contributed by atoms with van der Waals surface area (Å²) in [6.45, 7) is 4.96. The van der Waals surface area contributed by atoms with Crippen LogP contribution in [-0.4, -0.2) is 42.5 Å². The number of aromatic nitrogens is 5. The molecule has 1 fully saturated rings. The van der Waals surface area contributed by atoms with E-state index in [1.165, 1.54) is 18.6 Å². The number of imidazole rings is 1. The summed E-state index contributed by atoms with van der Waals surface area (Å²) < 4.78 is 43.6. The molecule has 7 nitrogen and oxygen atoms in total. The Balaban J connectivity index is 1.67. The van der Waals surface area contributed by atoms with Crippen molar-refractivity contribution in [1.29, 1.82) is 0 Å². The molecule has 10 heteroatoms. The zero-order valence-electron chi connectivity index (χ0n) is 17.1. The number of hydrogen-bond acceptors (Lipinski definition) is 5. The predicted octanol–water partition coefficient (Wildman–Crippen LogP) is 4.23. The second-order valence-corrected chi connectivity index (χ2v) is 8.52. The third-order valence-electron chi connectivity index (χ3n) is 5.80. The first-order valence-corrected chi connectivity index (χ1v) is 10.1. The van der Waals surface area contributed by atoms with Gasteiger partial charge in [-0.25, -0.2) is 15.0 Å². The smallest absolute Gasteiger partial charge is 0.363 e. The van der Waals surface area contributed by atoms with Gasteiger partial charge in [0.2, 0.25) is 0 Å². The summed E-state index contributed by atoms with van der Waals surface area (Å²) in [6, 6.07) is 3.46. The van der Waals surface area contributed by atoms with Gasteiger partial charge in [0, 0.05) is 53.9 Å². The molecule has 4 aromatic rings. The van der Waals surface area contributed by atoms with E-state index in [4.69, 9.17) is 0 Å². The van der Waals surface area contributed by atoms with Crippen LogP contribution in [0.3, 0.4) is 0 Å². The molecule has 4 aromatic heterocycles. The topological polar surface area (TPSA) is 82.9 Å². The van der Waals surface area contributed by atoms with Crippen molar-refractivity contribution >= 4 is 22.5 Å². The Labute approximate surface area is 176 Å². The van der Waals surface area contributed by atoms with Gasteiger partial charge in [-0.3, -0.25) is 4.40 Å². The number of pyridine rings is 1. The van der Waals surface area contributed by atoms with Gasteiger partial charge in [-0.15, -0.1) is 0 Å². The highest BCUT2D eigenvalue weighted by atomic mass is 19.4. The summed E-state index contributed by atoms with van der Waals surface area (Å²) in [7, 11) is 0. The summed E-state index contributed by atoms with van der Waals surface area (Å²) in [5.41, 5.74) is 0.0145. The van der Waals surface area contributed by atoms with Crippen LogP contribution in [0.25, 0.3) is 27.9 Å². The van der Waals surface area contributed by atoms with E-state index in [2.05, 4.69) is 44.4 Å². The molecule has 1 aliphatic heterocycles. The Kier molecular flexibility index (Phi) is 4.44. The quantitative estimate of drug-likeness (QED) is 0.454. The molecule has 0 amide bonds.